The van der Waals surface area contributed by atoms with Crippen LogP contribution in [0.15, 0.2) is 18.2 Å². The fraction of sp³-hybridized carbons (Fsp3) is 0.533. The molecule has 1 heterocycles. The number of ether oxygens (including phenoxy) is 1. The minimum atomic E-state index is 0.0546. The number of carbonyl (C=O) groups excluding carboxylic acids is 1. The van der Waals surface area contributed by atoms with Crippen LogP contribution >= 0.6 is 0 Å². The van der Waals surface area contributed by atoms with Crippen molar-refractivity contribution in [2.75, 3.05) is 27.2 Å². The molecule has 2 rings (SSSR count). The zero-order valence-electron chi connectivity index (χ0n) is 12.2. The first-order valence-corrected chi connectivity index (χ1v) is 6.84. The van der Waals surface area contributed by atoms with Crippen molar-refractivity contribution in [3.63, 3.8) is 0 Å². The Balaban J connectivity index is 2.03. The Morgan fingerprint density at radius 2 is 2.25 bits per heavy atom. The largest absolute Gasteiger partial charge is 0.504 e. The summed E-state index contributed by atoms with van der Waals surface area (Å²) >= 11 is 0. The number of methoxy groups -OCH3 is 1. The quantitative estimate of drug-likeness (QED) is 0.869. The Morgan fingerprint density at radius 3 is 2.85 bits per heavy atom. The maximum Gasteiger partial charge on any atom is 0.227 e. The predicted molar refractivity (Wildman–Crippen MR) is 76.7 cm³/mol. The highest BCUT2D eigenvalue weighted by Crippen LogP contribution is 2.27. The second-order valence-electron chi connectivity index (χ2n) is 5.44. The molecule has 1 saturated heterocycles. The van der Waals surface area contributed by atoms with Crippen molar-refractivity contribution in [3.05, 3.63) is 23.8 Å². The molecule has 0 aliphatic carbocycles. The molecule has 1 aromatic carbocycles. The smallest absolute Gasteiger partial charge is 0.227 e. The molecule has 110 valence electrons. The van der Waals surface area contributed by atoms with Gasteiger partial charge in [-0.2, -0.15) is 0 Å². The van der Waals surface area contributed by atoms with E-state index in [-0.39, 0.29) is 17.6 Å². The highest BCUT2D eigenvalue weighted by Gasteiger charge is 2.31. The molecule has 1 aliphatic rings. The van der Waals surface area contributed by atoms with Gasteiger partial charge in [-0.25, -0.2) is 0 Å². The Kier molecular flexibility index (Phi) is 4.49. The topological polar surface area (TPSA) is 61.8 Å². The van der Waals surface area contributed by atoms with Gasteiger partial charge >= 0.3 is 0 Å². The summed E-state index contributed by atoms with van der Waals surface area (Å²) in [7, 11) is 3.33. The molecule has 0 unspecified atom stereocenters. The first-order valence-electron chi connectivity index (χ1n) is 6.84. The number of rotatable bonds is 4. The van der Waals surface area contributed by atoms with E-state index in [4.69, 9.17) is 4.74 Å². The molecule has 0 saturated carbocycles. The van der Waals surface area contributed by atoms with Gasteiger partial charge in [0.15, 0.2) is 11.5 Å². The first kappa shape index (κ1) is 14.7. The van der Waals surface area contributed by atoms with Crippen molar-refractivity contribution < 1.29 is 14.6 Å². The molecule has 1 aromatic rings. The second kappa shape index (κ2) is 6.13. The van der Waals surface area contributed by atoms with Crippen LogP contribution < -0.4 is 10.1 Å². The van der Waals surface area contributed by atoms with Gasteiger partial charge in [-0.1, -0.05) is 13.0 Å². The lowest BCUT2D eigenvalue weighted by atomic mass is 9.96. The number of carbonyl (C=O) groups is 1. The highest BCUT2D eigenvalue weighted by atomic mass is 16.5. The number of nitrogens with one attached hydrogen (secondary N) is 1. The lowest BCUT2D eigenvalue weighted by molar-refractivity contribution is -0.135. The minimum absolute atomic E-state index is 0.0546. The van der Waals surface area contributed by atoms with Crippen molar-refractivity contribution in [3.8, 4) is 11.5 Å². The van der Waals surface area contributed by atoms with Crippen LogP contribution in [0, 0.1) is 11.8 Å². The van der Waals surface area contributed by atoms with Crippen LogP contribution in [0.1, 0.15) is 12.5 Å². The van der Waals surface area contributed by atoms with E-state index in [1.165, 1.54) is 7.11 Å². The molecule has 0 aromatic heterocycles. The molecule has 2 N–H and O–H groups in total. The zero-order chi connectivity index (χ0) is 14.7. The molecule has 1 fully saturated rings. The monoisotopic (exact) mass is 278 g/mol. The molecule has 0 bridgehead atoms. The zero-order valence-corrected chi connectivity index (χ0v) is 12.2. The van der Waals surface area contributed by atoms with Gasteiger partial charge in [0.05, 0.1) is 13.0 Å². The third-order valence-electron chi connectivity index (χ3n) is 3.87. The summed E-state index contributed by atoms with van der Waals surface area (Å²) in [6.07, 6.45) is 0. The standard InChI is InChI=1S/C15H22N2O3/c1-10-7-16-8-12(10)15(19)17(2)9-11-4-5-13(18)14(6-11)20-3/h4-6,10,12,16,18H,7-9H2,1-3H3/t10-,12-/m1/s1. The molecule has 1 amide bonds. The summed E-state index contributed by atoms with van der Waals surface area (Å²) in [5.41, 5.74) is 0.939. The fourth-order valence-electron chi connectivity index (χ4n) is 2.60. The highest BCUT2D eigenvalue weighted by molar-refractivity contribution is 5.79. The summed E-state index contributed by atoms with van der Waals surface area (Å²) in [5.74, 6) is 1.13. The van der Waals surface area contributed by atoms with Crippen molar-refractivity contribution in [1.82, 2.24) is 10.2 Å². The number of amides is 1. The SMILES string of the molecule is COc1cc(CN(C)C(=O)[C@@H]2CNC[C@H]2C)ccc1O. The van der Waals surface area contributed by atoms with E-state index in [0.717, 1.165) is 18.7 Å². The Morgan fingerprint density at radius 1 is 1.50 bits per heavy atom. The maximum absolute atomic E-state index is 12.4. The molecule has 2 atom stereocenters. The van der Waals surface area contributed by atoms with Crippen LogP contribution in [0.3, 0.4) is 0 Å². The number of phenols is 1. The average Bonchev–Trinajstić information content (AvgIpc) is 2.86. The Hall–Kier alpha value is -1.75. The maximum atomic E-state index is 12.4. The molecule has 0 radical (unpaired) electrons. The summed E-state index contributed by atoms with van der Waals surface area (Å²) in [5, 5.41) is 12.8. The number of phenolic OH excluding ortho intramolecular Hbond substituents is 1. The van der Waals surface area contributed by atoms with Gasteiger partial charge in [0.1, 0.15) is 0 Å². The van der Waals surface area contributed by atoms with E-state index in [1.54, 1.807) is 23.1 Å². The number of nitrogens with zero attached hydrogens (tertiary/aromatic N) is 1. The van der Waals surface area contributed by atoms with E-state index in [0.29, 0.717) is 18.2 Å². The van der Waals surface area contributed by atoms with Gasteiger partial charge in [-0.05, 0) is 30.2 Å². The first-order chi connectivity index (χ1) is 9.52. The Labute approximate surface area is 119 Å². The summed E-state index contributed by atoms with van der Waals surface area (Å²) in [4.78, 5) is 14.1. The van der Waals surface area contributed by atoms with Gasteiger partial charge in [0.2, 0.25) is 5.91 Å². The van der Waals surface area contributed by atoms with E-state index in [1.807, 2.05) is 7.05 Å². The summed E-state index contributed by atoms with van der Waals surface area (Å²) < 4.78 is 5.08. The van der Waals surface area contributed by atoms with Crippen LogP contribution in [0.5, 0.6) is 11.5 Å². The molecule has 5 nitrogen and oxygen atoms in total. The van der Waals surface area contributed by atoms with Crippen molar-refractivity contribution in [2.24, 2.45) is 11.8 Å². The molecule has 0 spiro atoms. The van der Waals surface area contributed by atoms with E-state index < -0.39 is 0 Å². The molecule has 1 aliphatic heterocycles. The number of aromatic hydroxyl groups is 1. The van der Waals surface area contributed by atoms with Crippen molar-refractivity contribution >= 4 is 5.91 Å². The van der Waals surface area contributed by atoms with Gasteiger partial charge < -0.3 is 20.1 Å². The van der Waals surface area contributed by atoms with Crippen LogP contribution in [0.4, 0.5) is 0 Å². The normalized spacial score (nSPS) is 21.8. The summed E-state index contributed by atoms with van der Waals surface area (Å²) in [6.45, 7) is 4.26. The van der Waals surface area contributed by atoms with E-state index >= 15 is 0 Å². The average molecular weight is 278 g/mol. The van der Waals surface area contributed by atoms with Gasteiger partial charge in [0.25, 0.3) is 0 Å². The van der Waals surface area contributed by atoms with Crippen LogP contribution in [-0.4, -0.2) is 43.2 Å². The van der Waals surface area contributed by atoms with Crippen molar-refractivity contribution in [1.29, 1.82) is 0 Å². The lowest BCUT2D eigenvalue weighted by Gasteiger charge is -2.23. The number of hydrogen-bond donors (Lipinski definition) is 2. The predicted octanol–water partition coefficient (Wildman–Crippen LogP) is 1.21. The van der Waals surface area contributed by atoms with E-state index in [2.05, 4.69) is 12.2 Å². The molecular formula is C15H22N2O3. The molecular weight excluding hydrogens is 256 g/mol. The van der Waals surface area contributed by atoms with E-state index in [9.17, 15) is 9.90 Å². The minimum Gasteiger partial charge on any atom is -0.504 e. The molecule has 5 heteroatoms. The van der Waals surface area contributed by atoms with Crippen LogP contribution in [-0.2, 0) is 11.3 Å². The van der Waals surface area contributed by atoms with Crippen LogP contribution in [0.2, 0.25) is 0 Å². The molecule has 20 heavy (non-hydrogen) atoms. The fourth-order valence-corrected chi connectivity index (χ4v) is 2.60. The van der Waals surface area contributed by atoms with Gasteiger partial charge in [-0.3, -0.25) is 4.79 Å². The number of benzene rings is 1. The third-order valence-corrected chi connectivity index (χ3v) is 3.87. The van der Waals surface area contributed by atoms with Crippen LogP contribution in [0.25, 0.3) is 0 Å². The second-order valence-corrected chi connectivity index (χ2v) is 5.44. The number of hydrogen-bond acceptors (Lipinski definition) is 4. The van der Waals surface area contributed by atoms with Crippen molar-refractivity contribution in [2.45, 2.75) is 13.5 Å². The lowest BCUT2D eigenvalue weighted by Crippen LogP contribution is -2.35. The summed E-state index contributed by atoms with van der Waals surface area (Å²) in [6, 6.07) is 5.15. The van der Waals surface area contributed by atoms with Gasteiger partial charge in [-0.15, -0.1) is 0 Å². The Bertz CT molecular complexity index is 490. The van der Waals surface area contributed by atoms with Gasteiger partial charge in [0, 0.05) is 20.1 Å². The third kappa shape index (κ3) is 3.04.